The van der Waals surface area contributed by atoms with Crippen LogP contribution in [-0.4, -0.2) is 17.5 Å². The second kappa shape index (κ2) is 6.92. The molecular weight excluding hydrogens is 390 g/mol. The summed E-state index contributed by atoms with van der Waals surface area (Å²) in [6.45, 7) is -0.460. The molecule has 1 aliphatic carbocycles. The van der Waals surface area contributed by atoms with E-state index in [1.165, 1.54) is 6.26 Å². The molecule has 0 amide bonds. The highest BCUT2D eigenvalue weighted by Gasteiger charge is 2.30. The highest BCUT2D eigenvalue weighted by molar-refractivity contribution is 7.93. The SMILES string of the molecule is O=S(=O)(C1=COC=C(C2=CC=CCC2)O1)n1c(CO)cc2cc(Cl)ccc21. The molecule has 1 N–H and O–H groups in total. The van der Waals surface area contributed by atoms with Gasteiger partial charge in [0.05, 0.1) is 17.8 Å². The minimum Gasteiger partial charge on any atom is -0.464 e. The summed E-state index contributed by atoms with van der Waals surface area (Å²) in [5, 5.41) is 10.4. The monoisotopic (exact) mass is 405 g/mol. The fourth-order valence-corrected chi connectivity index (χ4v) is 4.65. The van der Waals surface area contributed by atoms with E-state index in [4.69, 9.17) is 21.1 Å². The standard InChI is InChI=1S/C19H16ClNO5S/c20-15-6-7-17-14(8-15)9-16(10-22)21(17)27(23,24)19-12-25-11-18(26-19)13-4-2-1-3-5-13/h1-2,4,6-9,11-12,22H,3,5,10H2. The summed E-state index contributed by atoms with van der Waals surface area (Å²) in [6.07, 6.45) is 9.77. The molecule has 0 bridgehead atoms. The van der Waals surface area contributed by atoms with Crippen LogP contribution in [0.2, 0.25) is 5.02 Å². The van der Waals surface area contributed by atoms with Gasteiger partial charge in [-0.1, -0.05) is 29.8 Å². The van der Waals surface area contributed by atoms with Gasteiger partial charge in [0.1, 0.15) is 12.5 Å². The quantitative estimate of drug-likeness (QED) is 0.833. The predicted octanol–water partition coefficient (Wildman–Crippen LogP) is 3.93. The Labute approximate surface area is 161 Å². The van der Waals surface area contributed by atoms with Crippen LogP contribution in [0.1, 0.15) is 18.5 Å². The van der Waals surface area contributed by atoms with Gasteiger partial charge in [-0.25, -0.2) is 3.97 Å². The number of aliphatic hydroxyl groups is 1. The number of rotatable bonds is 4. The van der Waals surface area contributed by atoms with Crippen molar-refractivity contribution in [3.63, 3.8) is 0 Å². The molecule has 2 aliphatic rings. The molecule has 0 saturated carbocycles. The first-order chi connectivity index (χ1) is 13.0. The van der Waals surface area contributed by atoms with Crippen LogP contribution in [0, 0.1) is 0 Å². The van der Waals surface area contributed by atoms with Crippen molar-refractivity contribution in [1.29, 1.82) is 0 Å². The molecule has 0 radical (unpaired) electrons. The maximum Gasteiger partial charge on any atom is 0.305 e. The van der Waals surface area contributed by atoms with Crippen molar-refractivity contribution in [2.45, 2.75) is 19.4 Å². The lowest BCUT2D eigenvalue weighted by Gasteiger charge is -2.20. The van der Waals surface area contributed by atoms with Gasteiger partial charge < -0.3 is 14.6 Å². The van der Waals surface area contributed by atoms with E-state index in [9.17, 15) is 13.5 Å². The summed E-state index contributed by atoms with van der Waals surface area (Å²) < 4.78 is 38.4. The van der Waals surface area contributed by atoms with Crippen LogP contribution in [0.15, 0.2) is 71.4 Å². The zero-order valence-electron chi connectivity index (χ0n) is 14.1. The van der Waals surface area contributed by atoms with Crippen LogP contribution in [0.4, 0.5) is 0 Å². The third-order valence-electron chi connectivity index (χ3n) is 4.33. The van der Waals surface area contributed by atoms with Gasteiger partial charge in [-0.05, 0) is 42.7 Å². The topological polar surface area (TPSA) is 77.8 Å². The van der Waals surface area contributed by atoms with E-state index in [0.29, 0.717) is 21.7 Å². The second-order valence-corrected chi connectivity index (χ2v) is 8.24. The van der Waals surface area contributed by atoms with E-state index >= 15 is 0 Å². The average molecular weight is 406 g/mol. The van der Waals surface area contributed by atoms with Gasteiger partial charge in [-0.15, -0.1) is 0 Å². The van der Waals surface area contributed by atoms with Crippen molar-refractivity contribution in [2.75, 3.05) is 0 Å². The van der Waals surface area contributed by atoms with E-state index in [-0.39, 0.29) is 10.8 Å². The minimum absolute atomic E-state index is 0.202. The number of benzene rings is 1. The van der Waals surface area contributed by atoms with Gasteiger partial charge in [0, 0.05) is 10.4 Å². The first-order valence-corrected chi connectivity index (χ1v) is 10.1. The third-order valence-corrected chi connectivity index (χ3v) is 6.16. The molecule has 6 nitrogen and oxygen atoms in total. The van der Waals surface area contributed by atoms with E-state index in [1.807, 2.05) is 18.2 Å². The van der Waals surface area contributed by atoms with Crippen LogP contribution in [0.3, 0.4) is 0 Å². The number of hydrogen-bond donors (Lipinski definition) is 1. The summed E-state index contributed by atoms with van der Waals surface area (Å²) in [5.41, 5.74) is 1.45. The largest absolute Gasteiger partial charge is 0.464 e. The Balaban J connectivity index is 1.76. The van der Waals surface area contributed by atoms with Crippen molar-refractivity contribution >= 4 is 32.5 Å². The van der Waals surface area contributed by atoms with Crippen molar-refractivity contribution in [1.82, 2.24) is 3.97 Å². The van der Waals surface area contributed by atoms with Crippen LogP contribution in [-0.2, 0) is 26.1 Å². The maximum absolute atomic E-state index is 13.2. The lowest BCUT2D eigenvalue weighted by atomic mass is 10.0. The highest BCUT2D eigenvalue weighted by atomic mass is 35.5. The first-order valence-electron chi connectivity index (χ1n) is 8.27. The maximum atomic E-state index is 13.2. The van der Waals surface area contributed by atoms with Gasteiger partial charge in [-0.3, -0.25) is 0 Å². The zero-order chi connectivity index (χ0) is 19.0. The van der Waals surface area contributed by atoms with E-state index < -0.39 is 16.6 Å². The number of halogens is 1. The minimum atomic E-state index is -4.13. The summed E-state index contributed by atoms with van der Waals surface area (Å²) >= 11 is 6.00. The highest BCUT2D eigenvalue weighted by Crippen LogP contribution is 2.32. The molecule has 2 aromatic rings. The number of allylic oxidation sites excluding steroid dienone is 4. The molecule has 140 valence electrons. The molecule has 0 atom stereocenters. The average Bonchev–Trinajstić information content (AvgIpc) is 3.07. The Morgan fingerprint density at radius 2 is 2.07 bits per heavy atom. The Bertz CT molecular complexity index is 1140. The normalized spacial score (nSPS) is 17.0. The van der Waals surface area contributed by atoms with Crippen LogP contribution in [0.25, 0.3) is 10.9 Å². The molecule has 8 heteroatoms. The Hall–Kier alpha value is -2.48. The predicted molar refractivity (Wildman–Crippen MR) is 102 cm³/mol. The molecular formula is C19H16ClNO5S. The molecule has 0 saturated heterocycles. The molecule has 1 aliphatic heterocycles. The first kappa shape index (κ1) is 17.9. The lowest BCUT2D eigenvalue weighted by molar-refractivity contribution is 0.247. The van der Waals surface area contributed by atoms with Crippen molar-refractivity contribution in [2.24, 2.45) is 0 Å². The van der Waals surface area contributed by atoms with Crippen LogP contribution in [0.5, 0.6) is 0 Å². The van der Waals surface area contributed by atoms with E-state index in [0.717, 1.165) is 28.6 Å². The van der Waals surface area contributed by atoms with Gasteiger partial charge in [0.15, 0.2) is 5.76 Å². The number of aliphatic hydroxyl groups excluding tert-OH is 1. The molecule has 1 aromatic carbocycles. The summed E-state index contributed by atoms with van der Waals surface area (Å²) in [4.78, 5) is 0. The summed E-state index contributed by atoms with van der Waals surface area (Å²) in [7, 11) is -4.13. The van der Waals surface area contributed by atoms with Crippen molar-refractivity contribution in [3.05, 3.63) is 82.2 Å². The van der Waals surface area contributed by atoms with Gasteiger partial charge in [0.2, 0.25) is 0 Å². The number of aromatic nitrogens is 1. The lowest BCUT2D eigenvalue weighted by Crippen LogP contribution is -2.21. The fourth-order valence-electron chi connectivity index (χ4n) is 3.07. The molecule has 0 unspecified atom stereocenters. The molecule has 1 aromatic heterocycles. The fraction of sp³-hybridized carbons (Fsp3) is 0.158. The van der Waals surface area contributed by atoms with Crippen molar-refractivity contribution in [3.8, 4) is 0 Å². The van der Waals surface area contributed by atoms with Gasteiger partial charge >= 0.3 is 10.0 Å². The van der Waals surface area contributed by atoms with E-state index in [1.54, 1.807) is 24.3 Å². The summed E-state index contributed by atoms with van der Waals surface area (Å²) in [5.74, 6) is 0.352. The van der Waals surface area contributed by atoms with Crippen LogP contribution < -0.4 is 0 Å². The number of ether oxygens (including phenoxy) is 2. The molecule has 4 rings (SSSR count). The Kier molecular flexibility index (Phi) is 4.59. The Morgan fingerprint density at radius 1 is 1.22 bits per heavy atom. The number of nitrogens with zero attached hydrogens (tertiary/aromatic N) is 1. The zero-order valence-corrected chi connectivity index (χ0v) is 15.7. The number of fused-ring (bicyclic) bond motifs is 1. The van der Waals surface area contributed by atoms with Gasteiger partial charge in [0.25, 0.3) is 5.09 Å². The summed E-state index contributed by atoms with van der Waals surface area (Å²) in [6, 6.07) is 6.39. The Morgan fingerprint density at radius 3 is 2.81 bits per heavy atom. The second-order valence-electron chi connectivity index (χ2n) is 6.08. The molecule has 2 heterocycles. The molecule has 27 heavy (non-hydrogen) atoms. The number of hydrogen-bond acceptors (Lipinski definition) is 5. The van der Waals surface area contributed by atoms with Crippen molar-refractivity contribution < 1.29 is 23.0 Å². The van der Waals surface area contributed by atoms with Crippen LogP contribution >= 0.6 is 11.6 Å². The molecule has 0 fully saturated rings. The smallest absolute Gasteiger partial charge is 0.305 e. The molecule has 0 spiro atoms. The van der Waals surface area contributed by atoms with E-state index in [2.05, 4.69) is 0 Å². The third kappa shape index (κ3) is 3.18. The van der Waals surface area contributed by atoms with Gasteiger partial charge in [-0.2, -0.15) is 8.42 Å².